The number of nitrogen functional groups attached to an aromatic ring is 1. The zero-order valence-electron chi connectivity index (χ0n) is 13.6. The smallest absolute Gasteiger partial charge is 0.232 e. The molecule has 0 saturated heterocycles. The first kappa shape index (κ1) is 16.2. The Morgan fingerprint density at radius 1 is 1.12 bits per heavy atom. The van der Waals surface area contributed by atoms with Crippen LogP contribution < -0.4 is 15.8 Å². The molecule has 0 saturated carbocycles. The van der Waals surface area contributed by atoms with E-state index in [9.17, 15) is 0 Å². The summed E-state index contributed by atoms with van der Waals surface area (Å²) in [7, 11) is 0. The molecule has 1 heterocycles. The van der Waals surface area contributed by atoms with Gasteiger partial charge in [-0.3, -0.25) is 0 Å². The zero-order valence-corrected chi connectivity index (χ0v) is 13.6. The van der Waals surface area contributed by atoms with Gasteiger partial charge in [0.15, 0.2) is 5.82 Å². The molecule has 1 aromatic heterocycles. The molecule has 0 fully saturated rings. The fourth-order valence-electron chi connectivity index (χ4n) is 2.20. The summed E-state index contributed by atoms with van der Waals surface area (Å²) in [6, 6.07) is 16.7. The number of aryl methyl sites for hydroxylation is 1. The molecule has 0 spiro atoms. The van der Waals surface area contributed by atoms with E-state index in [1.54, 1.807) is 24.3 Å². The van der Waals surface area contributed by atoms with Crippen LogP contribution in [0.2, 0.25) is 0 Å². The monoisotopic (exact) mass is 332 g/mol. The van der Waals surface area contributed by atoms with Gasteiger partial charge >= 0.3 is 0 Å². The molecule has 0 unspecified atom stereocenters. The minimum atomic E-state index is 0.107. The van der Waals surface area contributed by atoms with Gasteiger partial charge in [-0.05, 0) is 36.8 Å². The lowest BCUT2D eigenvalue weighted by atomic mass is 10.2. The third kappa shape index (κ3) is 4.20. The van der Waals surface area contributed by atoms with Crippen LogP contribution in [0.25, 0.3) is 0 Å². The number of nitriles is 1. The molecule has 7 nitrogen and oxygen atoms in total. The number of hydrogen-bond donors (Lipinski definition) is 2. The first-order valence-electron chi connectivity index (χ1n) is 7.60. The minimum Gasteiger partial charge on any atom is -0.486 e. The van der Waals surface area contributed by atoms with Gasteiger partial charge in [-0.15, -0.1) is 0 Å². The number of nitrogens with zero attached hydrogens (tertiary/aromatic N) is 4. The molecule has 0 aliphatic carbocycles. The highest BCUT2D eigenvalue weighted by Crippen LogP contribution is 2.18. The van der Waals surface area contributed by atoms with Gasteiger partial charge in [0.05, 0.1) is 11.6 Å². The molecule has 0 bridgehead atoms. The second-order valence-electron chi connectivity index (χ2n) is 5.30. The van der Waals surface area contributed by atoms with Crippen molar-refractivity contribution in [3.63, 3.8) is 0 Å². The van der Waals surface area contributed by atoms with Crippen molar-refractivity contribution in [3.05, 3.63) is 65.5 Å². The van der Waals surface area contributed by atoms with Crippen molar-refractivity contribution in [1.82, 2.24) is 15.0 Å². The molecule has 124 valence electrons. The highest BCUT2D eigenvalue weighted by atomic mass is 16.5. The standard InChI is InChI=1S/C18H16N6O/c1-12-5-2-3-8-15(12)21-18-23-16(22-17(20)24-18)11-25-14-7-4-6-13(9-14)10-19/h2-9H,11H2,1H3,(H3,20,21,22,23,24). The average Bonchev–Trinajstić information content (AvgIpc) is 2.62. The Labute approximate surface area is 145 Å². The minimum absolute atomic E-state index is 0.107. The van der Waals surface area contributed by atoms with Crippen LogP contribution >= 0.6 is 0 Å². The highest BCUT2D eigenvalue weighted by molar-refractivity contribution is 5.58. The van der Waals surface area contributed by atoms with Crippen molar-refractivity contribution in [2.75, 3.05) is 11.1 Å². The van der Waals surface area contributed by atoms with E-state index in [0.29, 0.717) is 23.1 Å². The van der Waals surface area contributed by atoms with Crippen LogP contribution in [-0.2, 0) is 6.61 Å². The summed E-state index contributed by atoms with van der Waals surface area (Å²) in [5.74, 6) is 1.42. The fraction of sp³-hybridized carbons (Fsp3) is 0.111. The van der Waals surface area contributed by atoms with Crippen LogP contribution in [-0.4, -0.2) is 15.0 Å². The molecule has 2 aromatic carbocycles. The molecule has 7 heteroatoms. The van der Waals surface area contributed by atoms with E-state index >= 15 is 0 Å². The molecule has 0 radical (unpaired) electrons. The van der Waals surface area contributed by atoms with Crippen LogP contribution in [0.5, 0.6) is 5.75 Å². The summed E-state index contributed by atoms with van der Waals surface area (Å²) in [4.78, 5) is 12.5. The number of nitrogens with two attached hydrogens (primary N) is 1. The third-order valence-corrected chi connectivity index (χ3v) is 3.42. The molecular formula is C18H16N6O. The molecule has 0 amide bonds. The number of anilines is 3. The summed E-state index contributed by atoms with van der Waals surface area (Å²) >= 11 is 0. The lowest BCUT2D eigenvalue weighted by Gasteiger charge is -2.10. The number of nitrogens with one attached hydrogen (secondary N) is 1. The molecule has 25 heavy (non-hydrogen) atoms. The summed E-state index contributed by atoms with van der Waals surface area (Å²) in [5, 5.41) is 12.0. The van der Waals surface area contributed by atoms with Gasteiger partial charge < -0.3 is 15.8 Å². The topological polar surface area (TPSA) is 110 Å². The first-order valence-corrected chi connectivity index (χ1v) is 7.60. The second kappa shape index (κ2) is 7.27. The Hall–Kier alpha value is -3.66. The van der Waals surface area contributed by atoms with E-state index < -0.39 is 0 Å². The molecule has 0 aliphatic rings. The molecule has 0 aliphatic heterocycles. The second-order valence-corrected chi connectivity index (χ2v) is 5.30. The van der Waals surface area contributed by atoms with Gasteiger partial charge in [-0.2, -0.15) is 20.2 Å². The van der Waals surface area contributed by atoms with Gasteiger partial charge in [0.25, 0.3) is 0 Å². The number of ether oxygens (including phenoxy) is 1. The normalized spacial score (nSPS) is 10.1. The quantitative estimate of drug-likeness (QED) is 0.739. The maximum absolute atomic E-state index is 8.92. The molecule has 3 rings (SSSR count). The Kier molecular flexibility index (Phi) is 4.72. The number of benzene rings is 2. The predicted octanol–water partition coefficient (Wildman–Crippen LogP) is 2.96. The average molecular weight is 332 g/mol. The summed E-state index contributed by atoms with van der Waals surface area (Å²) < 4.78 is 5.63. The van der Waals surface area contributed by atoms with E-state index in [0.717, 1.165) is 11.3 Å². The number of aromatic nitrogens is 3. The predicted molar refractivity (Wildman–Crippen MR) is 94.2 cm³/mol. The van der Waals surface area contributed by atoms with Crippen molar-refractivity contribution < 1.29 is 4.74 Å². The van der Waals surface area contributed by atoms with Gasteiger partial charge in [-0.25, -0.2) is 0 Å². The van der Waals surface area contributed by atoms with Crippen molar-refractivity contribution in [3.8, 4) is 11.8 Å². The lowest BCUT2D eigenvalue weighted by molar-refractivity contribution is 0.296. The van der Waals surface area contributed by atoms with Crippen LogP contribution in [0.3, 0.4) is 0 Å². The van der Waals surface area contributed by atoms with E-state index in [1.807, 2.05) is 31.2 Å². The van der Waals surface area contributed by atoms with Crippen molar-refractivity contribution >= 4 is 17.6 Å². The largest absolute Gasteiger partial charge is 0.486 e. The fourth-order valence-corrected chi connectivity index (χ4v) is 2.20. The van der Waals surface area contributed by atoms with Crippen molar-refractivity contribution in [2.24, 2.45) is 0 Å². The molecule has 3 aromatic rings. The first-order chi connectivity index (χ1) is 12.1. The Balaban J connectivity index is 1.75. The third-order valence-electron chi connectivity index (χ3n) is 3.42. The number of para-hydroxylation sites is 1. The SMILES string of the molecule is Cc1ccccc1Nc1nc(N)nc(COc2cccc(C#N)c2)n1. The van der Waals surface area contributed by atoms with Crippen molar-refractivity contribution in [2.45, 2.75) is 13.5 Å². The van der Waals surface area contributed by atoms with Crippen LogP contribution in [0.4, 0.5) is 17.6 Å². The maximum atomic E-state index is 8.92. The highest BCUT2D eigenvalue weighted by Gasteiger charge is 2.07. The molecule has 0 atom stereocenters. The van der Waals surface area contributed by atoms with E-state index in [4.69, 9.17) is 15.7 Å². The lowest BCUT2D eigenvalue weighted by Crippen LogP contribution is -2.09. The van der Waals surface area contributed by atoms with Gasteiger partial charge in [0.1, 0.15) is 12.4 Å². The Morgan fingerprint density at radius 3 is 2.76 bits per heavy atom. The molecular weight excluding hydrogens is 316 g/mol. The van der Waals surface area contributed by atoms with Crippen molar-refractivity contribution in [1.29, 1.82) is 5.26 Å². The van der Waals surface area contributed by atoms with Crippen LogP contribution in [0.1, 0.15) is 17.0 Å². The van der Waals surface area contributed by atoms with Gasteiger partial charge in [-0.1, -0.05) is 24.3 Å². The summed E-state index contributed by atoms with van der Waals surface area (Å²) in [6.45, 7) is 2.10. The maximum Gasteiger partial charge on any atom is 0.232 e. The van der Waals surface area contributed by atoms with E-state index in [-0.39, 0.29) is 12.6 Å². The van der Waals surface area contributed by atoms with Gasteiger partial charge in [0.2, 0.25) is 11.9 Å². The molecule has 3 N–H and O–H groups in total. The van der Waals surface area contributed by atoms with Gasteiger partial charge in [0, 0.05) is 5.69 Å². The van der Waals surface area contributed by atoms with Crippen LogP contribution in [0.15, 0.2) is 48.5 Å². The number of hydrogen-bond acceptors (Lipinski definition) is 7. The Bertz CT molecular complexity index is 935. The Morgan fingerprint density at radius 2 is 1.96 bits per heavy atom. The zero-order chi connectivity index (χ0) is 17.6. The van der Waals surface area contributed by atoms with E-state index in [1.165, 1.54) is 0 Å². The van der Waals surface area contributed by atoms with Crippen LogP contribution in [0, 0.1) is 18.3 Å². The summed E-state index contributed by atoms with van der Waals surface area (Å²) in [6.07, 6.45) is 0. The summed E-state index contributed by atoms with van der Waals surface area (Å²) in [5.41, 5.74) is 8.24. The van der Waals surface area contributed by atoms with E-state index in [2.05, 4.69) is 26.3 Å². The number of rotatable bonds is 5.